The highest BCUT2D eigenvalue weighted by Gasteiger charge is 2.14. The van der Waals surface area contributed by atoms with Gasteiger partial charge in [0.2, 0.25) is 0 Å². The van der Waals surface area contributed by atoms with E-state index in [-0.39, 0.29) is 23.9 Å². The summed E-state index contributed by atoms with van der Waals surface area (Å²) in [7, 11) is 1.49. The van der Waals surface area contributed by atoms with Gasteiger partial charge in [0.15, 0.2) is 0 Å². The number of ether oxygens (including phenoxy) is 1. The van der Waals surface area contributed by atoms with Crippen molar-refractivity contribution in [3.05, 3.63) is 55.3 Å². The molecule has 0 fully saturated rings. The number of hydrogen-bond acceptors (Lipinski definition) is 3. The third-order valence-corrected chi connectivity index (χ3v) is 3.29. The van der Waals surface area contributed by atoms with Gasteiger partial charge in [-0.2, -0.15) is 0 Å². The van der Waals surface area contributed by atoms with E-state index in [9.17, 15) is 9.59 Å². The summed E-state index contributed by atoms with van der Waals surface area (Å²) < 4.78 is 5.93. The normalized spacial score (nSPS) is 10.8. The van der Waals surface area contributed by atoms with Crippen molar-refractivity contribution in [1.29, 1.82) is 0 Å². The first kappa shape index (κ1) is 14.8. The van der Waals surface area contributed by atoms with Gasteiger partial charge in [-0.05, 0) is 17.7 Å². The van der Waals surface area contributed by atoms with E-state index in [0.29, 0.717) is 10.6 Å². The van der Waals surface area contributed by atoms with Crippen LogP contribution in [0.1, 0.15) is 0 Å². The molecular weight excluding hydrogens is 303 g/mol. The van der Waals surface area contributed by atoms with Crippen LogP contribution in [-0.4, -0.2) is 23.3 Å². The fraction of sp³-hybridized carbons (Fsp3) is 0.231. The zero-order chi connectivity index (χ0) is 14.7. The summed E-state index contributed by atoms with van der Waals surface area (Å²) in [5.41, 5.74) is -0.277. The number of H-pyrrole nitrogens is 1. The smallest absolute Gasteiger partial charge is 0.329 e. The van der Waals surface area contributed by atoms with E-state index >= 15 is 0 Å². The molecule has 1 aromatic carbocycles. The quantitative estimate of drug-likeness (QED) is 0.879. The Kier molecular flexibility index (Phi) is 4.65. The Morgan fingerprint density at radius 2 is 2.05 bits per heavy atom. The molecule has 20 heavy (non-hydrogen) atoms. The second-order valence-corrected chi connectivity index (χ2v) is 4.89. The molecule has 0 atom stereocenters. The molecule has 0 radical (unpaired) electrons. The van der Waals surface area contributed by atoms with Crippen LogP contribution in [0.4, 0.5) is 0 Å². The SMILES string of the molecule is COCCn1c(=O)[nH]c(Cl)c(-c2cccc(Cl)c2)c1=O. The second-order valence-electron chi connectivity index (χ2n) is 4.08. The van der Waals surface area contributed by atoms with Crippen LogP contribution in [0.5, 0.6) is 0 Å². The van der Waals surface area contributed by atoms with Crippen LogP contribution < -0.4 is 11.2 Å². The van der Waals surface area contributed by atoms with E-state index in [0.717, 1.165) is 4.57 Å². The van der Waals surface area contributed by atoms with E-state index in [2.05, 4.69) is 4.98 Å². The van der Waals surface area contributed by atoms with Crippen LogP contribution in [0.15, 0.2) is 33.9 Å². The van der Waals surface area contributed by atoms with Gasteiger partial charge in [0, 0.05) is 12.1 Å². The first-order valence-electron chi connectivity index (χ1n) is 5.82. The first-order valence-corrected chi connectivity index (χ1v) is 6.57. The van der Waals surface area contributed by atoms with E-state index in [4.69, 9.17) is 27.9 Å². The van der Waals surface area contributed by atoms with Gasteiger partial charge in [-0.3, -0.25) is 14.3 Å². The lowest BCUT2D eigenvalue weighted by molar-refractivity contribution is 0.185. The molecular formula is C13H12Cl2N2O3. The molecule has 0 aliphatic carbocycles. The highest BCUT2D eigenvalue weighted by molar-refractivity contribution is 6.32. The number of nitrogens with zero attached hydrogens (tertiary/aromatic N) is 1. The molecule has 0 saturated carbocycles. The fourth-order valence-electron chi connectivity index (χ4n) is 1.82. The lowest BCUT2D eigenvalue weighted by atomic mass is 10.1. The van der Waals surface area contributed by atoms with E-state index in [1.54, 1.807) is 24.3 Å². The van der Waals surface area contributed by atoms with Crippen molar-refractivity contribution in [3.63, 3.8) is 0 Å². The molecule has 1 aromatic heterocycles. The number of halogens is 2. The summed E-state index contributed by atoms with van der Waals surface area (Å²) in [5.74, 6) is 0. The van der Waals surface area contributed by atoms with Crippen molar-refractivity contribution in [2.45, 2.75) is 6.54 Å². The molecule has 0 amide bonds. The lowest BCUT2D eigenvalue weighted by Gasteiger charge is -2.09. The molecule has 1 N–H and O–H groups in total. The molecule has 5 nitrogen and oxygen atoms in total. The number of methoxy groups -OCH3 is 1. The van der Waals surface area contributed by atoms with Crippen LogP contribution in [0.25, 0.3) is 11.1 Å². The molecule has 2 aromatic rings. The van der Waals surface area contributed by atoms with E-state index in [1.807, 2.05) is 0 Å². The van der Waals surface area contributed by atoms with Crippen LogP contribution in [0.3, 0.4) is 0 Å². The maximum Gasteiger partial charge on any atom is 0.329 e. The summed E-state index contributed by atoms with van der Waals surface area (Å²) in [6.45, 7) is 0.398. The molecule has 106 valence electrons. The molecule has 0 aliphatic rings. The van der Waals surface area contributed by atoms with E-state index < -0.39 is 11.2 Å². The predicted octanol–water partition coefficient (Wildman–Crippen LogP) is 2.16. The second kappa shape index (κ2) is 6.26. The maximum absolute atomic E-state index is 12.4. The van der Waals surface area contributed by atoms with Crippen LogP contribution in [-0.2, 0) is 11.3 Å². The first-order chi connectivity index (χ1) is 9.54. The van der Waals surface area contributed by atoms with E-state index in [1.165, 1.54) is 7.11 Å². The van der Waals surface area contributed by atoms with Gasteiger partial charge in [0.05, 0.1) is 18.7 Å². The Balaban J connectivity index is 2.65. The maximum atomic E-state index is 12.4. The van der Waals surface area contributed by atoms with Gasteiger partial charge >= 0.3 is 5.69 Å². The summed E-state index contributed by atoms with van der Waals surface area (Å²) in [6.07, 6.45) is 0. The number of nitrogens with one attached hydrogen (secondary N) is 1. The minimum Gasteiger partial charge on any atom is -0.383 e. The van der Waals surface area contributed by atoms with Gasteiger partial charge < -0.3 is 4.74 Å². The molecule has 1 heterocycles. The Bertz CT molecular complexity index is 737. The minimum absolute atomic E-state index is 0.00377. The van der Waals surface area contributed by atoms with Crippen molar-refractivity contribution in [1.82, 2.24) is 9.55 Å². The zero-order valence-electron chi connectivity index (χ0n) is 10.7. The van der Waals surface area contributed by atoms with Crippen LogP contribution in [0.2, 0.25) is 10.2 Å². The van der Waals surface area contributed by atoms with Gasteiger partial charge in [-0.1, -0.05) is 35.3 Å². The minimum atomic E-state index is -0.567. The number of aromatic nitrogens is 2. The Hall–Kier alpha value is -1.56. The number of aromatic amines is 1. The summed E-state index contributed by atoms with van der Waals surface area (Å²) in [4.78, 5) is 26.6. The number of hydrogen-bond donors (Lipinski definition) is 1. The third-order valence-electron chi connectivity index (χ3n) is 2.77. The van der Waals surface area contributed by atoms with Gasteiger partial charge in [0.25, 0.3) is 5.56 Å². The predicted molar refractivity (Wildman–Crippen MR) is 78.7 cm³/mol. The molecule has 7 heteroatoms. The van der Waals surface area contributed by atoms with Gasteiger partial charge in [-0.15, -0.1) is 0 Å². The third kappa shape index (κ3) is 2.95. The highest BCUT2D eigenvalue weighted by atomic mass is 35.5. The summed E-state index contributed by atoms with van der Waals surface area (Å²) >= 11 is 11.9. The van der Waals surface area contributed by atoms with Gasteiger partial charge in [-0.25, -0.2) is 4.79 Å². The van der Waals surface area contributed by atoms with Crippen molar-refractivity contribution in [2.24, 2.45) is 0 Å². The Morgan fingerprint density at radius 3 is 2.70 bits per heavy atom. The zero-order valence-corrected chi connectivity index (χ0v) is 12.2. The number of rotatable bonds is 4. The number of benzene rings is 1. The molecule has 0 bridgehead atoms. The summed E-state index contributed by atoms with van der Waals surface area (Å²) in [5, 5.41) is 0.476. The molecule has 2 rings (SSSR count). The fourth-order valence-corrected chi connectivity index (χ4v) is 2.29. The topological polar surface area (TPSA) is 64.1 Å². The molecule has 0 saturated heterocycles. The lowest BCUT2D eigenvalue weighted by Crippen LogP contribution is -2.37. The molecule has 0 aliphatic heterocycles. The average molecular weight is 315 g/mol. The van der Waals surface area contributed by atoms with Crippen molar-refractivity contribution < 1.29 is 4.74 Å². The van der Waals surface area contributed by atoms with Crippen molar-refractivity contribution >= 4 is 23.2 Å². The van der Waals surface area contributed by atoms with Crippen LogP contribution in [0, 0.1) is 0 Å². The average Bonchev–Trinajstić information content (AvgIpc) is 2.38. The van der Waals surface area contributed by atoms with Crippen molar-refractivity contribution in [3.8, 4) is 11.1 Å². The largest absolute Gasteiger partial charge is 0.383 e. The van der Waals surface area contributed by atoms with Crippen molar-refractivity contribution in [2.75, 3.05) is 13.7 Å². The van der Waals surface area contributed by atoms with Crippen LogP contribution >= 0.6 is 23.2 Å². The Labute approximate surface area is 124 Å². The van der Waals surface area contributed by atoms with Gasteiger partial charge in [0.1, 0.15) is 5.15 Å². The molecule has 0 unspecified atom stereocenters. The Morgan fingerprint density at radius 1 is 1.30 bits per heavy atom. The molecule has 0 spiro atoms. The monoisotopic (exact) mass is 314 g/mol. The standard InChI is InChI=1S/C13H12Cl2N2O3/c1-20-6-5-17-12(18)10(11(15)16-13(17)19)8-3-2-4-9(14)7-8/h2-4,7H,5-6H2,1H3,(H,16,19). The highest BCUT2D eigenvalue weighted by Crippen LogP contribution is 2.24. The summed E-state index contributed by atoms with van der Waals surface area (Å²) in [6, 6.07) is 6.71.